The molecular formula is C22H18ClF4N3O3S. The summed E-state index contributed by atoms with van der Waals surface area (Å²) in [4.78, 5) is 25.6. The summed E-state index contributed by atoms with van der Waals surface area (Å²) in [5.74, 6) is -1.29. The number of anilines is 1. The highest BCUT2D eigenvalue weighted by atomic mass is 35.5. The van der Waals surface area contributed by atoms with Crippen molar-refractivity contribution in [3.05, 3.63) is 85.4 Å². The summed E-state index contributed by atoms with van der Waals surface area (Å²) in [6, 6.07) is 10.3. The molecule has 12 heteroatoms. The Labute approximate surface area is 201 Å². The summed E-state index contributed by atoms with van der Waals surface area (Å²) >= 11 is 11.4. The first-order chi connectivity index (χ1) is 16.0. The van der Waals surface area contributed by atoms with E-state index in [1.807, 2.05) is 30.3 Å². The van der Waals surface area contributed by atoms with Crippen molar-refractivity contribution in [3.8, 4) is 11.4 Å². The standard InChI is InChI=1S/C22H18ClF4N3O3S/c1-29-15(22(25,26)27)11-17(31)30(21(29)32)19-14(24)10-13(23)20(33-2)18(19)28-16(34)9-8-12-6-4-3-5-7-12/h3-7,10-11H,8-9H2,1-2H3,(H,28,34). The third-order valence-electron chi connectivity index (χ3n) is 4.95. The van der Waals surface area contributed by atoms with Crippen molar-refractivity contribution in [1.29, 1.82) is 0 Å². The van der Waals surface area contributed by atoms with Gasteiger partial charge < -0.3 is 10.1 Å². The van der Waals surface area contributed by atoms with Crippen LogP contribution in [0, 0.1) is 5.82 Å². The van der Waals surface area contributed by atoms with E-state index < -0.39 is 34.6 Å². The number of thiocarbonyl (C=S) groups is 1. The minimum absolute atomic E-state index is 0.144. The minimum Gasteiger partial charge on any atom is -0.493 e. The molecule has 0 atom stereocenters. The Morgan fingerprint density at radius 1 is 1.18 bits per heavy atom. The molecule has 0 bridgehead atoms. The van der Waals surface area contributed by atoms with Crippen LogP contribution in [0.5, 0.6) is 5.75 Å². The fourth-order valence-electron chi connectivity index (χ4n) is 3.33. The van der Waals surface area contributed by atoms with E-state index in [2.05, 4.69) is 5.32 Å². The zero-order valence-corrected chi connectivity index (χ0v) is 19.4. The van der Waals surface area contributed by atoms with E-state index in [-0.39, 0.29) is 36.6 Å². The number of halogens is 5. The number of rotatable bonds is 6. The third-order valence-corrected chi connectivity index (χ3v) is 5.53. The number of aryl methyl sites for hydroxylation is 1. The topological polar surface area (TPSA) is 65.3 Å². The second kappa shape index (κ2) is 9.98. The monoisotopic (exact) mass is 515 g/mol. The SMILES string of the molecule is COc1c(Cl)cc(F)c(-n2c(=O)cc(C(F)(F)F)n(C)c2=O)c1NC(=S)CCc1ccccc1. The Morgan fingerprint density at radius 3 is 2.41 bits per heavy atom. The molecule has 3 aromatic rings. The van der Waals surface area contributed by atoms with Gasteiger partial charge in [-0.1, -0.05) is 54.2 Å². The Bertz CT molecular complexity index is 1350. The lowest BCUT2D eigenvalue weighted by Gasteiger charge is -2.20. The van der Waals surface area contributed by atoms with Crippen LogP contribution in [0.25, 0.3) is 5.69 Å². The number of benzene rings is 2. The van der Waals surface area contributed by atoms with Crippen molar-refractivity contribution in [3.63, 3.8) is 0 Å². The quantitative estimate of drug-likeness (QED) is 0.380. The van der Waals surface area contributed by atoms with Crippen molar-refractivity contribution >= 4 is 34.5 Å². The van der Waals surface area contributed by atoms with Crippen LogP contribution in [0.3, 0.4) is 0 Å². The molecule has 180 valence electrons. The van der Waals surface area contributed by atoms with Crippen LogP contribution in [0.4, 0.5) is 23.2 Å². The number of ether oxygens (including phenoxy) is 1. The molecule has 0 aliphatic heterocycles. The Morgan fingerprint density at radius 2 is 1.82 bits per heavy atom. The lowest BCUT2D eigenvalue weighted by Crippen LogP contribution is -2.41. The Hall–Kier alpha value is -3.18. The van der Waals surface area contributed by atoms with Gasteiger partial charge in [-0.25, -0.2) is 13.8 Å². The second-order valence-electron chi connectivity index (χ2n) is 7.17. The van der Waals surface area contributed by atoms with E-state index in [4.69, 9.17) is 28.6 Å². The maximum absolute atomic E-state index is 15.1. The average molecular weight is 516 g/mol. The predicted octanol–water partition coefficient (Wildman–Crippen LogP) is 4.73. The molecule has 0 radical (unpaired) electrons. The third kappa shape index (κ3) is 5.15. The molecule has 2 aromatic carbocycles. The van der Waals surface area contributed by atoms with Crippen LogP contribution in [0.15, 0.2) is 52.1 Å². The van der Waals surface area contributed by atoms with E-state index in [9.17, 15) is 22.8 Å². The van der Waals surface area contributed by atoms with E-state index in [1.54, 1.807) is 0 Å². The number of methoxy groups -OCH3 is 1. The fourth-order valence-corrected chi connectivity index (χ4v) is 3.81. The first-order valence-electron chi connectivity index (χ1n) is 9.76. The highest BCUT2D eigenvalue weighted by molar-refractivity contribution is 7.80. The van der Waals surface area contributed by atoms with Crippen molar-refractivity contribution in [2.45, 2.75) is 19.0 Å². The summed E-state index contributed by atoms with van der Waals surface area (Å²) in [7, 11) is 2.04. The largest absolute Gasteiger partial charge is 0.493 e. The normalized spacial score (nSPS) is 11.4. The van der Waals surface area contributed by atoms with Gasteiger partial charge >= 0.3 is 11.9 Å². The molecule has 34 heavy (non-hydrogen) atoms. The Balaban J connectivity index is 2.14. The van der Waals surface area contributed by atoms with Gasteiger partial charge in [0.05, 0.1) is 17.1 Å². The lowest BCUT2D eigenvalue weighted by molar-refractivity contribution is -0.144. The highest BCUT2D eigenvalue weighted by Gasteiger charge is 2.35. The first kappa shape index (κ1) is 25.4. The van der Waals surface area contributed by atoms with Gasteiger partial charge in [0.2, 0.25) is 0 Å². The summed E-state index contributed by atoms with van der Waals surface area (Å²) in [6.07, 6.45) is -4.15. The van der Waals surface area contributed by atoms with Crippen LogP contribution in [-0.4, -0.2) is 21.2 Å². The molecule has 0 spiro atoms. The van der Waals surface area contributed by atoms with Crippen molar-refractivity contribution in [2.24, 2.45) is 7.05 Å². The van der Waals surface area contributed by atoms with Crippen LogP contribution in [0.1, 0.15) is 17.7 Å². The molecule has 0 saturated carbocycles. The summed E-state index contributed by atoms with van der Waals surface area (Å²) in [6.45, 7) is 0. The molecular weight excluding hydrogens is 498 g/mol. The molecule has 0 amide bonds. The molecule has 1 N–H and O–H groups in total. The van der Waals surface area contributed by atoms with Gasteiger partial charge in [-0.15, -0.1) is 0 Å². The highest BCUT2D eigenvalue weighted by Crippen LogP contribution is 2.39. The van der Waals surface area contributed by atoms with Gasteiger partial charge in [0.25, 0.3) is 5.56 Å². The molecule has 0 aliphatic carbocycles. The fraction of sp³-hybridized carbons (Fsp3) is 0.227. The summed E-state index contributed by atoms with van der Waals surface area (Å²) in [5.41, 5.74) is -4.23. The molecule has 0 saturated heterocycles. The van der Waals surface area contributed by atoms with Crippen molar-refractivity contribution in [1.82, 2.24) is 9.13 Å². The average Bonchev–Trinajstić information content (AvgIpc) is 2.76. The molecule has 0 unspecified atom stereocenters. The van der Waals surface area contributed by atoms with Crippen LogP contribution in [-0.2, 0) is 19.6 Å². The van der Waals surface area contributed by atoms with E-state index in [0.717, 1.165) is 18.7 Å². The van der Waals surface area contributed by atoms with Gasteiger partial charge in [-0.05, 0) is 18.1 Å². The number of alkyl halides is 3. The number of aromatic nitrogens is 2. The molecule has 0 aliphatic rings. The smallest absolute Gasteiger partial charge is 0.431 e. The van der Waals surface area contributed by atoms with Crippen molar-refractivity contribution < 1.29 is 22.3 Å². The first-order valence-corrected chi connectivity index (χ1v) is 10.5. The number of nitrogens with zero attached hydrogens (tertiary/aromatic N) is 2. The van der Waals surface area contributed by atoms with Crippen LogP contribution >= 0.6 is 23.8 Å². The van der Waals surface area contributed by atoms with Crippen molar-refractivity contribution in [2.75, 3.05) is 12.4 Å². The van der Waals surface area contributed by atoms with Gasteiger partial charge in [0, 0.05) is 19.5 Å². The van der Waals surface area contributed by atoms with Crippen LogP contribution < -0.4 is 21.3 Å². The summed E-state index contributed by atoms with van der Waals surface area (Å²) < 4.78 is 60.4. The van der Waals surface area contributed by atoms with E-state index >= 15 is 4.39 Å². The molecule has 6 nitrogen and oxygen atoms in total. The van der Waals surface area contributed by atoms with Gasteiger partial charge in [0.15, 0.2) is 11.6 Å². The minimum atomic E-state index is -4.97. The number of nitrogens with one attached hydrogen (secondary N) is 1. The maximum Gasteiger partial charge on any atom is 0.431 e. The number of hydrogen-bond donors (Lipinski definition) is 1. The predicted molar refractivity (Wildman–Crippen MR) is 125 cm³/mol. The van der Waals surface area contributed by atoms with Gasteiger partial charge in [0.1, 0.15) is 17.1 Å². The number of hydrogen-bond acceptors (Lipinski definition) is 4. The molecule has 1 heterocycles. The van der Waals surface area contributed by atoms with Gasteiger partial charge in [-0.3, -0.25) is 9.36 Å². The second-order valence-corrected chi connectivity index (χ2v) is 8.07. The summed E-state index contributed by atoms with van der Waals surface area (Å²) in [5, 5.41) is 2.55. The zero-order valence-electron chi connectivity index (χ0n) is 17.9. The van der Waals surface area contributed by atoms with Crippen LogP contribution in [0.2, 0.25) is 5.02 Å². The molecule has 3 rings (SSSR count). The Kier molecular flexibility index (Phi) is 7.47. The molecule has 0 fully saturated rings. The van der Waals surface area contributed by atoms with Gasteiger partial charge in [-0.2, -0.15) is 13.2 Å². The zero-order chi connectivity index (χ0) is 25.2. The maximum atomic E-state index is 15.1. The molecule has 1 aromatic heterocycles. The van der Waals surface area contributed by atoms with E-state index in [1.165, 1.54) is 7.11 Å². The van der Waals surface area contributed by atoms with E-state index in [0.29, 0.717) is 12.8 Å². The lowest BCUT2D eigenvalue weighted by atomic mass is 10.1.